The van der Waals surface area contributed by atoms with Crippen molar-refractivity contribution in [1.29, 1.82) is 0 Å². The highest BCUT2D eigenvalue weighted by molar-refractivity contribution is 5.98. The molecule has 0 bridgehead atoms. The molecule has 7 heteroatoms. The molecule has 1 atom stereocenters. The average Bonchev–Trinajstić information content (AvgIpc) is 3.14. The number of amides is 2. The Labute approximate surface area is 157 Å². The van der Waals surface area contributed by atoms with Crippen molar-refractivity contribution in [3.05, 3.63) is 59.7 Å². The molecule has 0 saturated carbocycles. The standard InChI is InChI=1S/C20H21N3O4/c1-13(2)18(20(25)23-21-11-14-6-4-3-5-7-14)22-19(24)15-8-9-16-17(10-15)27-12-26-16/h3-11,13,18H,12H2,1-2H3,(H,22,24)(H,23,25)/t18-/m0/s1. The number of ether oxygens (including phenoxy) is 2. The number of carbonyl (C=O) groups excluding carboxylic acids is 2. The van der Waals surface area contributed by atoms with Crippen LogP contribution in [0.3, 0.4) is 0 Å². The highest BCUT2D eigenvalue weighted by Gasteiger charge is 2.25. The van der Waals surface area contributed by atoms with E-state index in [1.165, 1.54) is 0 Å². The fraction of sp³-hybridized carbons (Fsp3) is 0.250. The van der Waals surface area contributed by atoms with Gasteiger partial charge in [0.2, 0.25) is 6.79 Å². The Morgan fingerprint density at radius 1 is 1.07 bits per heavy atom. The summed E-state index contributed by atoms with van der Waals surface area (Å²) in [5, 5.41) is 6.71. The van der Waals surface area contributed by atoms with Gasteiger partial charge in [-0.05, 0) is 29.7 Å². The molecule has 2 aromatic rings. The fourth-order valence-electron chi connectivity index (χ4n) is 2.58. The van der Waals surface area contributed by atoms with Crippen LogP contribution < -0.4 is 20.2 Å². The van der Waals surface area contributed by atoms with Gasteiger partial charge in [0.15, 0.2) is 11.5 Å². The average molecular weight is 367 g/mol. The predicted octanol–water partition coefficient (Wildman–Crippen LogP) is 2.32. The summed E-state index contributed by atoms with van der Waals surface area (Å²) in [5.41, 5.74) is 3.74. The monoisotopic (exact) mass is 367 g/mol. The third-order valence-electron chi connectivity index (χ3n) is 4.06. The van der Waals surface area contributed by atoms with Crippen molar-refractivity contribution in [1.82, 2.24) is 10.7 Å². The van der Waals surface area contributed by atoms with E-state index >= 15 is 0 Å². The Morgan fingerprint density at radius 3 is 2.56 bits per heavy atom. The molecule has 27 heavy (non-hydrogen) atoms. The molecule has 1 aliphatic rings. The van der Waals surface area contributed by atoms with E-state index in [2.05, 4.69) is 15.8 Å². The van der Waals surface area contributed by atoms with Crippen LogP contribution in [0.4, 0.5) is 0 Å². The molecule has 140 valence electrons. The summed E-state index contributed by atoms with van der Waals surface area (Å²) in [6.45, 7) is 3.84. The van der Waals surface area contributed by atoms with Crippen molar-refractivity contribution in [3.8, 4) is 11.5 Å². The second-order valence-electron chi connectivity index (χ2n) is 6.41. The number of nitrogens with one attached hydrogen (secondary N) is 2. The zero-order valence-corrected chi connectivity index (χ0v) is 15.1. The van der Waals surface area contributed by atoms with Gasteiger partial charge in [-0.15, -0.1) is 0 Å². The molecular weight excluding hydrogens is 346 g/mol. The lowest BCUT2D eigenvalue weighted by atomic mass is 10.0. The first kappa shape index (κ1) is 18.4. The fourth-order valence-corrected chi connectivity index (χ4v) is 2.58. The third-order valence-corrected chi connectivity index (χ3v) is 4.06. The zero-order valence-electron chi connectivity index (χ0n) is 15.1. The zero-order chi connectivity index (χ0) is 19.2. The SMILES string of the molecule is CC(C)[C@H](NC(=O)c1ccc2c(c1)OCO2)C(=O)NN=Cc1ccccc1. The lowest BCUT2D eigenvalue weighted by Gasteiger charge is -2.20. The maximum Gasteiger partial charge on any atom is 0.262 e. The summed E-state index contributed by atoms with van der Waals surface area (Å²) in [6, 6.07) is 13.6. The maximum absolute atomic E-state index is 12.5. The minimum absolute atomic E-state index is 0.116. The smallest absolute Gasteiger partial charge is 0.262 e. The van der Waals surface area contributed by atoms with Crippen LogP contribution in [0, 0.1) is 5.92 Å². The molecule has 0 aliphatic carbocycles. The minimum atomic E-state index is -0.726. The molecule has 7 nitrogen and oxygen atoms in total. The third kappa shape index (κ3) is 4.63. The lowest BCUT2D eigenvalue weighted by molar-refractivity contribution is -0.123. The van der Waals surface area contributed by atoms with Gasteiger partial charge in [-0.1, -0.05) is 44.2 Å². The van der Waals surface area contributed by atoms with Gasteiger partial charge in [-0.3, -0.25) is 9.59 Å². The number of hydrazone groups is 1. The molecule has 0 radical (unpaired) electrons. The lowest BCUT2D eigenvalue weighted by Crippen LogP contribution is -2.48. The van der Waals surface area contributed by atoms with E-state index in [4.69, 9.17) is 9.47 Å². The normalized spacial score (nSPS) is 13.6. The number of benzene rings is 2. The van der Waals surface area contributed by atoms with Gasteiger partial charge >= 0.3 is 0 Å². The van der Waals surface area contributed by atoms with E-state index in [1.807, 2.05) is 44.2 Å². The van der Waals surface area contributed by atoms with Crippen molar-refractivity contribution in [3.63, 3.8) is 0 Å². The van der Waals surface area contributed by atoms with Crippen molar-refractivity contribution in [2.45, 2.75) is 19.9 Å². The Bertz CT molecular complexity index is 850. The summed E-state index contributed by atoms with van der Waals surface area (Å²) in [6.07, 6.45) is 1.55. The molecule has 0 fully saturated rings. The largest absolute Gasteiger partial charge is 0.454 e. The predicted molar refractivity (Wildman–Crippen MR) is 101 cm³/mol. The van der Waals surface area contributed by atoms with E-state index in [9.17, 15) is 9.59 Å². The number of hydrogen-bond acceptors (Lipinski definition) is 5. The molecule has 2 aromatic carbocycles. The molecule has 0 saturated heterocycles. The molecule has 3 rings (SSSR count). The van der Waals surface area contributed by atoms with Crippen molar-refractivity contribution in [2.75, 3.05) is 6.79 Å². The van der Waals surface area contributed by atoms with Gasteiger partial charge < -0.3 is 14.8 Å². The van der Waals surface area contributed by atoms with Crippen LogP contribution in [0.15, 0.2) is 53.6 Å². The Hall–Kier alpha value is -3.35. The second kappa shape index (κ2) is 8.35. The van der Waals surface area contributed by atoms with Crippen LogP contribution in [-0.4, -0.2) is 30.9 Å². The maximum atomic E-state index is 12.5. The van der Waals surface area contributed by atoms with Gasteiger partial charge in [0.25, 0.3) is 11.8 Å². The van der Waals surface area contributed by atoms with Gasteiger partial charge in [0, 0.05) is 5.56 Å². The van der Waals surface area contributed by atoms with Gasteiger partial charge in [0.1, 0.15) is 6.04 Å². The summed E-state index contributed by atoms with van der Waals surface area (Å²) in [4.78, 5) is 25.0. The summed E-state index contributed by atoms with van der Waals surface area (Å²) in [5.74, 6) is 0.246. The van der Waals surface area contributed by atoms with Crippen LogP contribution in [0.1, 0.15) is 29.8 Å². The molecular formula is C20H21N3O4. The topological polar surface area (TPSA) is 89.0 Å². The number of nitrogens with zero attached hydrogens (tertiary/aromatic N) is 1. The highest BCUT2D eigenvalue weighted by atomic mass is 16.7. The van der Waals surface area contributed by atoms with Gasteiger partial charge in [-0.25, -0.2) is 5.43 Å². The molecule has 0 unspecified atom stereocenters. The molecule has 2 N–H and O–H groups in total. The number of fused-ring (bicyclic) bond motifs is 1. The first-order valence-corrected chi connectivity index (χ1v) is 8.63. The first-order valence-electron chi connectivity index (χ1n) is 8.63. The second-order valence-corrected chi connectivity index (χ2v) is 6.41. The van der Waals surface area contributed by atoms with Gasteiger partial charge in [-0.2, -0.15) is 5.10 Å². The Morgan fingerprint density at radius 2 is 1.81 bits per heavy atom. The van der Waals surface area contributed by atoms with E-state index < -0.39 is 6.04 Å². The number of hydrogen-bond donors (Lipinski definition) is 2. The molecule has 1 aliphatic heterocycles. The Kier molecular flexibility index (Phi) is 5.71. The van der Waals surface area contributed by atoms with Gasteiger partial charge in [0.05, 0.1) is 6.21 Å². The quantitative estimate of drug-likeness (QED) is 0.606. The van der Waals surface area contributed by atoms with Crippen molar-refractivity contribution in [2.24, 2.45) is 11.0 Å². The Balaban J connectivity index is 1.63. The summed E-state index contributed by atoms with van der Waals surface area (Å²) >= 11 is 0. The number of carbonyl (C=O) groups is 2. The van der Waals surface area contributed by atoms with Crippen LogP contribution in [0.2, 0.25) is 0 Å². The number of rotatable bonds is 6. The summed E-state index contributed by atoms with van der Waals surface area (Å²) < 4.78 is 10.5. The molecule has 0 aromatic heterocycles. The van der Waals surface area contributed by atoms with E-state index in [0.29, 0.717) is 17.1 Å². The van der Waals surface area contributed by atoms with E-state index in [-0.39, 0.29) is 24.5 Å². The van der Waals surface area contributed by atoms with E-state index in [0.717, 1.165) is 5.56 Å². The van der Waals surface area contributed by atoms with Crippen LogP contribution in [0.25, 0.3) is 0 Å². The minimum Gasteiger partial charge on any atom is -0.454 e. The molecule has 0 spiro atoms. The van der Waals surface area contributed by atoms with Crippen LogP contribution in [0.5, 0.6) is 11.5 Å². The van der Waals surface area contributed by atoms with Crippen molar-refractivity contribution < 1.29 is 19.1 Å². The highest BCUT2D eigenvalue weighted by Crippen LogP contribution is 2.32. The van der Waals surface area contributed by atoms with Crippen molar-refractivity contribution >= 4 is 18.0 Å². The summed E-state index contributed by atoms with van der Waals surface area (Å²) in [7, 11) is 0. The molecule has 2 amide bonds. The van der Waals surface area contributed by atoms with Crippen LogP contribution in [-0.2, 0) is 4.79 Å². The van der Waals surface area contributed by atoms with E-state index in [1.54, 1.807) is 24.4 Å². The first-order chi connectivity index (χ1) is 13.0. The van der Waals surface area contributed by atoms with Crippen LogP contribution >= 0.6 is 0 Å². The molecule has 1 heterocycles.